The van der Waals surface area contributed by atoms with Crippen LogP contribution in [-0.2, 0) is 20.9 Å². The minimum Gasteiger partial charge on any atom is -0.460 e. The molecule has 1 aliphatic rings. The topological polar surface area (TPSA) is 76.7 Å². The van der Waals surface area contributed by atoms with Crippen LogP contribution < -0.4 is 10.6 Å². The average Bonchev–Trinajstić information content (AvgIpc) is 2.58. The molecule has 6 heteroatoms. The van der Waals surface area contributed by atoms with E-state index in [2.05, 4.69) is 10.6 Å². The summed E-state index contributed by atoms with van der Waals surface area (Å²) in [5.41, 5.74) is 0.498. The Hall–Kier alpha value is -2.08. The average molecular weight is 362 g/mol. The van der Waals surface area contributed by atoms with Gasteiger partial charge in [-0.3, -0.25) is 4.79 Å². The summed E-state index contributed by atoms with van der Waals surface area (Å²) in [7, 11) is 0. The number of alkyl carbamates (subject to hydrolysis) is 1. The lowest BCUT2D eigenvalue weighted by Gasteiger charge is -2.30. The third-order valence-electron chi connectivity index (χ3n) is 4.23. The second-order valence-corrected chi connectivity index (χ2v) is 7.72. The highest BCUT2D eigenvalue weighted by molar-refractivity contribution is 5.71. The zero-order valence-electron chi connectivity index (χ0n) is 15.9. The molecule has 0 aliphatic heterocycles. The van der Waals surface area contributed by atoms with E-state index in [0.29, 0.717) is 6.61 Å². The molecular formula is C20H30N2O4. The Kier molecular flexibility index (Phi) is 7.45. The third kappa shape index (κ3) is 7.87. The van der Waals surface area contributed by atoms with E-state index in [4.69, 9.17) is 9.47 Å². The van der Waals surface area contributed by atoms with E-state index < -0.39 is 5.60 Å². The second kappa shape index (κ2) is 9.57. The van der Waals surface area contributed by atoms with E-state index in [1.807, 2.05) is 51.1 Å². The van der Waals surface area contributed by atoms with Crippen LogP contribution >= 0.6 is 0 Å². The van der Waals surface area contributed by atoms with Crippen LogP contribution in [0.3, 0.4) is 0 Å². The number of amides is 1. The van der Waals surface area contributed by atoms with Crippen LogP contribution in [-0.4, -0.2) is 36.3 Å². The quantitative estimate of drug-likeness (QED) is 0.760. The summed E-state index contributed by atoms with van der Waals surface area (Å²) in [4.78, 5) is 23.6. The molecule has 1 fully saturated rings. The van der Waals surface area contributed by atoms with E-state index in [-0.39, 0.29) is 30.7 Å². The van der Waals surface area contributed by atoms with Crippen LogP contribution in [0.2, 0.25) is 0 Å². The summed E-state index contributed by atoms with van der Waals surface area (Å²) in [6.45, 7) is 6.06. The predicted octanol–water partition coefficient (Wildman–Crippen LogP) is 3.16. The van der Waals surface area contributed by atoms with Gasteiger partial charge in [-0.05, 0) is 52.0 Å². The lowest BCUT2D eigenvalue weighted by molar-refractivity contribution is -0.144. The van der Waals surface area contributed by atoms with Gasteiger partial charge >= 0.3 is 12.1 Å². The lowest BCUT2D eigenvalue weighted by atomic mass is 9.91. The Labute approximate surface area is 155 Å². The van der Waals surface area contributed by atoms with Gasteiger partial charge in [-0.1, -0.05) is 30.3 Å². The maximum absolute atomic E-state index is 11.8. The first-order valence-electron chi connectivity index (χ1n) is 9.24. The van der Waals surface area contributed by atoms with Gasteiger partial charge in [0.25, 0.3) is 0 Å². The number of esters is 1. The van der Waals surface area contributed by atoms with E-state index in [0.717, 1.165) is 31.2 Å². The lowest BCUT2D eigenvalue weighted by Crippen LogP contribution is -2.44. The Balaban J connectivity index is 1.60. The maximum Gasteiger partial charge on any atom is 0.407 e. The molecule has 0 radical (unpaired) electrons. The number of benzene rings is 1. The Morgan fingerprint density at radius 3 is 2.27 bits per heavy atom. The first-order valence-corrected chi connectivity index (χ1v) is 9.24. The molecule has 0 aromatic heterocycles. The predicted molar refractivity (Wildman–Crippen MR) is 99.7 cm³/mol. The highest BCUT2D eigenvalue weighted by Gasteiger charge is 2.24. The molecule has 1 aliphatic carbocycles. The Morgan fingerprint density at radius 2 is 1.65 bits per heavy atom. The van der Waals surface area contributed by atoms with Crippen LogP contribution in [0.1, 0.15) is 52.0 Å². The highest BCUT2D eigenvalue weighted by atomic mass is 16.6. The van der Waals surface area contributed by atoms with E-state index >= 15 is 0 Å². The number of carbonyl (C=O) groups is 2. The van der Waals surface area contributed by atoms with Crippen molar-refractivity contribution in [1.29, 1.82) is 0 Å². The zero-order valence-corrected chi connectivity index (χ0v) is 15.9. The summed E-state index contributed by atoms with van der Waals surface area (Å²) in [6.07, 6.45) is 3.20. The molecule has 6 nitrogen and oxygen atoms in total. The van der Waals surface area contributed by atoms with Crippen molar-refractivity contribution in [2.45, 2.75) is 70.7 Å². The molecule has 2 rings (SSSR count). The molecule has 1 amide bonds. The number of ether oxygens (including phenoxy) is 2. The van der Waals surface area contributed by atoms with Crippen molar-refractivity contribution in [3.63, 3.8) is 0 Å². The van der Waals surface area contributed by atoms with Crippen molar-refractivity contribution < 1.29 is 19.1 Å². The second-order valence-electron chi connectivity index (χ2n) is 7.72. The summed E-state index contributed by atoms with van der Waals surface area (Å²) < 4.78 is 10.5. The van der Waals surface area contributed by atoms with Gasteiger partial charge in [-0.2, -0.15) is 0 Å². The van der Waals surface area contributed by atoms with E-state index in [9.17, 15) is 9.59 Å². The minimum absolute atomic E-state index is 0.132. The van der Waals surface area contributed by atoms with E-state index in [1.165, 1.54) is 0 Å². The fraction of sp³-hybridized carbons (Fsp3) is 0.600. The molecule has 0 unspecified atom stereocenters. The van der Waals surface area contributed by atoms with Crippen LogP contribution in [0, 0.1) is 0 Å². The molecule has 0 heterocycles. The summed E-state index contributed by atoms with van der Waals surface area (Å²) in [6, 6.07) is 10.0. The molecular weight excluding hydrogens is 332 g/mol. The van der Waals surface area contributed by atoms with Crippen molar-refractivity contribution >= 4 is 12.1 Å². The molecule has 2 N–H and O–H groups in total. The SMILES string of the molecule is CC(C)(C)OC(=O)NC1CCC(NCC(=O)OCc2ccccc2)CC1. The summed E-state index contributed by atoms with van der Waals surface area (Å²) in [5, 5.41) is 6.17. The highest BCUT2D eigenvalue weighted by Crippen LogP contribution is 2.19. The van der Waals surface area contributed by atoms with Crippen LogP contribution in [0.15, 0.2) is 30.3 Å². The summed E-state index contributed by atoms with van der Waals surface area (Å²) >= 11 is 0. The molecule has 26 heavy (non-hydrogen) atoms. The number of rotatable bonds is 6. The zero-order chi connectivity index (χ0) is 19.0. The van der Waals surface area contributed by atoms with Gasteiger partial charge in [-0.25, -0.2) is 4.79 Å². The molecule has 1 saturated carbocycles. The van der Waals surface area contributed by atoms with Crippen molar-refractivity contribution in [2.75, 3.05) is 6.54 Å². The van der Waals surface area contributed by atoms with Gasteiger partial charge < -0.3 is 20.1 Å². The largest absolute Gasteiger partial charge is 0.460 e. The van der Waals surface area contributed by atoms with Crippen molar-refractivity contribution in [2.24, 2.45) is 0 Å². The van der Waals surface area contributed by atoms with Gasteiger partial charge in [-0.15, -0.1) is 0 Å². The number of carbonyl (C=O) groups excluding carboxylic acids is 2. The molecule has 1 aromatic rings. The minimum atomic E-state index is -0.483. The van der Waals surface area contributed by atoms with Gasteiger partial charge in [0.05, 0.1) is 6.54 Å². The number of hydrogen-bond donors (Lipinski definition) is 2. The molecule has 0 atom stereocenters. The van der Waals surface area contributed by atoms with Gasteiger partial charge in [0.15, 0.2) is 0 Å². The fourth-order valence-electron chi connectivity index (χ4n) is 2.93. The van der Waals surface area contributed by atoms with Crippen LogP contribution in [0.4, 0.5) is 4.79 Å². The monoisotopic (exact) mass is 362 g/mol. The number of nitrogens with one attached hydrogen (secondary N) is 2. The van der Waals surface area contributed by atoms with Crippen molar-refractivity contribution in [3.05, 3.63) is 35.9 Å². The summed E-state index contributed by atoms with van der Waals surface area (Å²) in [5.74, 6) is -0.247. The van der Waals surface area contributed by atoms with Gasteiger partial charge in [0.2, 0.25) is 0 Å². The van der Waals surface area contributed by atoms with E-state index in [1.54, 1.807) is 0 Å². The first-order chi connectivity index (χ1) is 12.3. The Morgan fingerprint density at radius 1 is 1.04 bits per heavy atom. The smallest absolute Gasteiger partial charge is 0.407 e. The maximum atomic E-state index is 11.8. The molecule has 0 saturated heterocycles. The van der Waals surface area contributed by atoms with Gasteiger partial charge in [0.1, 0.15) is 12.2 Å². The van der Waals surface area contributed by atoms with Gasteiger partial charge in [0, 0.05) is 12.1 Å². The standard InChI is InChI=1S/C20H30N2O4/c1-20(2,3)26-19(24)22-17-11-9-16(10-12-17)21-13-18(23)25-14-15-7-5-4-6-8-15/h4-8,16-17,21H,9-14H2,1-3H3,(H,22,24). The fourth-order valence-corrected chi connectivity index (χ4v) is 2.93. The molecule has 0 bridgehead atoms. The van der Waals surface area contributed by atoms with Crippen molar-refractivity contribution in [1.82, 2.24) is 10.6 Å². The molecule has 1 aromatic carbocycles. The van der Waals surface area contributed by atoms with Crippen LogP contribution in [0.25, 0.3) is 0 Å². The molecule has 0 spiro atoms. The first kappa shape index (κ1) is 20.2. The Bertz CT molecular complexity index is 575. The normalized spacial score (nSPS) is 20.3. The molecule has 144 valence electrons. The third-order valence-corrected chi connectivity index (χ3v) is 4.23. The van der Waals surface area contributed by atoms with Crippen LogP contribution in [0.5, 0.6) is 0 Å². The number of hydrogen-bond acceptors (Lipinski definition) is 5. The van der Waals surface area contributed by atoms with Crippen molar-refractivity contribution in [3.8, 4) is 0 Å².